The number of allylic oxidation sites excluding steroid dienone is 2. The minimum Gasteiger partial charge on any atom is -0.547 e. The van der Waals surface area contributed by atoms with Crippen molar-refractivity contribution in [1.82, 2.24) is 0 Å². The number of hydrogen-bond donors (Lipinski definition) is 0. The highest BCUT2D eigenvalue weighted by atomic mass is 28.4. The summed E-state index contributed by atoms with van der Waals surface area (Å²) in [5.74, 6) is 1.97. The van der Waals surface area contributed by atoms with Crippen molar-refractivity contribution in [2.75, 3.05) is 7.11 Å². The fraction of sp³-hybridized carbons (Fsp3) is 0.556. The number of ether oxygens (including phenoxy) is 1. The van der Waals surface area contributed by atoms with Crippen LogP contribution in [0.25, 0.3) is 0 Å². The molecule has 2 nitrogen and oxygen atoms in total. The van der Waals surface area contributed by atoms with Crippen molar-refractivity contribution in [3.05, 3.63) is 41.7 Å². The summed E-state index contributed by atoms with van der Waals surface area (Å²) in [4.78, 5) is 0. The molecule has 3 heteroatoms. The van der Waals surface area contributed by atoms with Crippen molar-refractivity contribution in [3.8, 4) is 5.75 Å². The van der Waals surface area contributed by atoms with Gasteiger partial charge in [0.2, 0.25) is 8.32 Å². The van der Waals surface area contributed by atoms with Gasteiger partial charge in [-0.2, -0.15) is 0 Å². The van der Waals surface area contributed by atoms with Crippen LogP contribution in [0.4, 0.5) is 0 Å². The smallest absolute Gasteiger partial charge is 0.250 e. The van der Waals surface area contributed by atoms with Crippen LogP contribution >= 0.6 is 0 Å². The summed E-state index contributed by atoms with van der Waals surface area (Å²) in [5, 5.41) is 0.248. The summed E-state index contributed by atoms with van der Waals surface area (Å²) in [6.45, 7) is 13.5. The maximum Gasteiger partial charge on any atom is 0.250 e. The molecule has 0 aliphatic heterocycles. The highest BCUT2D eigenvalue weighted by molar-refractivity contribution is 6.74. The topological polar surface area (TPSA) is 18.5 Å². The molecule has 0 aliphatic rings. The van der Waals surface area contributed by atoms with E-state index in [4.69, 9.17) is 9.16 Å². The summed E-state index contributed by atoms with van der Waals surface area (Å²) < 4.78 is 11.4. The van der Waals surface area contributed by atoms with Gasteiger partial charge in [-0.1, -0.05) is 32.9 Å². The van der Waals surface area contributed by atoms with Gasteiger partial charge in [0.15, 0.2) is 0 Å². The highest BCUT2D eigenvalue weighted by Gasteiger charge is 2.38. The van der Waals surface area contributed by atoms with Crippen LogP contribution in [0.2, 0.25) is 18.1 Å². The molecule has 118 valence electrons. The van der Waals surface area contributed by atoms with Gasteiger partial charge in [-0.05, 0) is 61.7 Å². The van der Waals surface area contributed by atoms with Crippen molar-refractivity contribution in [2.45, 2.75) is 58.7 Å². The van der Waals surface area contributed by atoms with Gasteiger partial charge in [0, 0.05) is 0 Å². The summed E-state index contributed by atoms with van der Waals surface area (Å²) in [7, 11) is -0.000711. The lowest BCUT2D eigenvalue weighted by Gasteiger charge is -2.36. The standard InChI is InChI=1S/C18H30O2Si/c1-15(20-21(6,7)18(2,3)4)9-8-10-16-11-13-17(19-5)14-12-16/h9,11-14H,8,10H2,1-7H3/b15-9-. The van der Waals surface area contributed by atoms with Crippen molar-refractivity contribution in [2.24, 2.45) is 0 Å². The number of rotatable bonds is 6. The maximum atomic E-state index is 6.26. The average Bonchev–Trinajstić information content (AvgIpc) is 2.37. The van der Waals surface area contributed by atoms with Crippen molar-refractivity contribution in [1.29, 1.82) is 0 Å². The molecule has 0 aromatic heterocycles. The largest absolute Gasteiger partial charge is 0.547 e. The molecule has 0 saturated carbocycles. The van der Waals surface area contributed by atoms with Crippen molar-refractivity contribution in [3.63, 3.8) is 0 Å². The highest BCUT2D eigenvalue weighted by Crippen LogP contribution is 2.37. The van der Waals surface area contributed by atoms with E-state index in [-0.39, 0.29) is 5.04 Å². The third-order valence-corrected chi connectivity index (χ3v) is 8.69. The van der Waals surface area contributed by atoms with E-state index in [0.29, 0.717) is 0 Å². The predicted octanol–water partition coefficient (Wildman–Crippen LogP) is 5.55. The first kappa shape index (κ1) is 17.8. The minimum atomic E-state index is -1.69. The molecule has 0 atom stereocenters. The molecule has 1 aromatic rings. The fourth-order valence-electron chi connectivity index (χ4n) is 1.83. The third-order valence-electron chi connectivity index (χ3n) is 4.25. The second-order valence-corrected chi connectivity index (χ2v) is 11.8. The van der Waals surface area contributed by atoms with Gasteiger partial charge in [-0.25, -0.2) is 0 Å². The molecule has 1 aromatic carbocycles. The Hall–Kier alpha value is -1.22. The number of aryl methyl sites for hydroxylation is 1. The van der Waals surface area contributed by atoms with Crippen LogP contribution in [-0.2, 0) is 10.8 Å². The number of hydrogen-bond acceptors (Lipinski definition) is 2. The molecule has 0 amide bonds. The van der Waals surface area contributed by atoms with Crippen molar-refractivity contribution >= 4 is 8.32 Å². The zero-order valence-corrected chi connectivity index (χ0v) is 15.6. The molecule has 0 heterocycles. The molecule has 0 spiro atoms. The van der Waals surface area contributed by atoms with Gasteiger partial charge in [-0.15, -0.1) is 0 Å². The van der Waals surface area contributed by atoms with Gasteiger partial charge in [-0.3, -0.25) is 0 Å². The van der Waals surface area contributed by atoms with Crippen LogP contribution in [0, 0.1) is 0 Å². The van der Waals surface area contributed by atoms with E-state index in [1.165, 1.54) is 5.56 Å². The monoisotopic (exact) mass is 306 g/mol. The van der Waals surface area contributed by atoms with E-state index in [9.17, 15) is 0 Å². The molecule has 0 N–H and O–H groups in total. The van der Waals surface area contributed by atoms with Crippen LogP contribution in [0.15, 0.2) is 36.1 Å². The van der Waals surface area contributed by atoms with E-state index in [0.717, 1.165) is 24.4 Å². The van der Waals surface area contributed by atoms with Crippen molar-refractivity contribution < 1.29 is 9.16 Å². The molecule has 1 rings (SSSR count). The molecule has 0 aliphatic carbocycles. The van der Waals surface area contributed by atoms with Crippen LogP contribution in [0.1, 0.15) is 39.7 Å². The Morgan fingerprint density at radius 1 is 1.14 bits per heavy atom. The van der Waals surface area contributed by atoms with E-state index in [1.807, 2.05) is 12.1 Å². The lowest BCUT2D eigenvalue weighted by atomic mass is 10.1. The molecular weight excluding hydrogens is 276 g/mol. The Kier molecular flexibility index (Phi) is 6.08. The first-order valence-corrected chi connectivity index (χ1v) is 10.6. The van der Waals surface area contributed by atoms with Gasteiger partial charge in [0.25, 0.3) is 0 Å². The zero-order valence-electron chi connectivity index (χ0n) is 14.6. The SMILES string of the molecule is COc1ccc(CC/C=C(/C)O[Si](C)(C)C(C)(C)C)cc1. The Morgan fingerprint density at radius 2 is 1.71 bits per heavy atom. The lowest BCUT2D eigenvalue weighted by Crippen LogP contribution is -2.40. The molecule has 21 heavy (non-hydrogen) atoms. The normalized spacial score (nSPS) is 13.2. The first-order valence-electron chi connectivity index (χ1n) is 7.64. The van der Waals surface area contributed by atoms with E-state index in [2.05, 4.69) is 59.0 Å². The Morgan fingerprint density at radius 3 is 2.19 bits per heavy atom. The lowest BCUT2D eigenvalue weighted by molar-refractivity contribution is 0.384. The summed E-state index contributed by atoms with van der Waals surface area (Å²) >= 11 is 0. The van der Waals surface area contributed by atoms with Gasteiger partial charge in [0.1, 0.15) is 5.75 Å². The number of methoxy groups -OCH3 is 1. The van der Waals surface area contributed by atoms with Gasteiger partial charge in [0.05, 0.1) is 12.9 Å². The Balaban J connectivity index is 2.52. The van der Waals surface area contributed by atoms with Crippen LogP contribution in [0.5, 0.6) is 5.75 Å². The van der Waals surface area contributed by atoms with Crippen LogP contribution in [-0.4, -0.2) is 15.4 Å². The maximum absolute atomic E-state index is 6.26. The second kappa shape index (κ2) is 7.17. The third kappa shape index (κ3) is 5.58. The molecule has 0 bridgehead atoms. The molecular formula is C18H30O2Si. The average molecular weight is 307 g/mol. The molecule has 0 unspecified atom stereocenters. The van der Waals surface area contributed by atoms with E-state index in [1.54, 1.807) is 7.11 Å². The Bertz CT molecular complexity index is 467. The Labute approximate surface area is 131 Å². The summed E-state index contributed by atoms with van der Waals surface area (Å²) in [6.07, 6.45) is 4.25. The number of benzene rings is 1. The predicted molar refractivity (Wildman–Crippen MR) is 93.4 cm³/mol. The van der Waals surface area contributed by atoms with Gasteiger partial charge >= 0.3 is 0 Å². The second-order valence-electron chi connectivity index (χ2n) is 7.06. The summed E-state index contributed by atoms with van der Waals surface area (Å²) in [5.41, 5.74) is 1.33. The molecule has 0 saturated heterocycles. The fourth-order valence-corrected chi connectivity index (χ4v) is 3.03. The minimum absolute atomic E-state index is 0.248. The first-order chi connectivity index (χ1) is 9.65. The van der Waals surface area contributed by atoms with E-state index < -0.39 is 8.32 Å². The van der Waals surface area contributed by atoms with E-state index >= 15 is 0 Å². The molecule has 0 fully saturated rings. The quantitative estimate of drug-likeness (QED) is 0.506. The zero-order chi connectivity index (χ0) is 16.1. The van der Waals surface area contributed by atoms with Crippen LogP contribution in [0.3, 0.4) is 0 Å². The van der Waals surface area contributed by atoms with Crippen LogP contribution < -0.4 is 4.74 Å². The molecule has 0 radical (unpaired) electrons. The van der Waals surface area contributed by atoms with Gasteiger partial charge < -0.3 is 9.16 Å². The summed E-state index contributed by atoms with van der Waals surface area (Å²) in [6, 6.07) is 8.27.